The number of ether oxygens (including phenoxy) is 1. The van der Waals surface area contributed by atoms with Crippen LogP contribution in [0.1, 0.15) is 36.1 Å². The van der Waals surface area contributed by atoms with E-state index in [1.165, 1.54) is 43.1 Å². The maximum Gasteiger partial charge on any atom is 0.416 e. The van der Waals surface area contributed by atoms with Gasteiger partial charge in [0.2, 0.25) is 11.8 Å². The second kappa shape index (κ2) is 24.7. The van der Waals surface area contributed by atoms with Crippen molar-refractivity contribution in [1.82, 2.24) is 24.7 Å². The number of likely N-dealkylation sites (N-methyl/N-ethyl adjacent to an activating group) is 1. The number of aromatic nitrogens is 2. The monoisotopic (exact) mass is 891 g/mol. The largest absolute Gasteiger partial charge is 0.479 e. The van der Waals surface area contributed by atoms with Gasteiger partial charge < -0.3 is 44.8 Å². The molecule has 0 fully saturated rings. The Labute approximate surface area is 359 Å². The van der Waals surface area contributed by atoms with Crippen molar-refractivity contribution >= 4 is 35.5 Å². The minimum absolute atomic E-state index is 0.114. The summed E-state index contributed by atoms with van der Waals surface area (Å²) < 4.78 is 59.1. The zero-order valence-electron chi connectivity index (χ0n) is 34.2. The summed E-state index contributed by atoms with van der Waals surface area (Å²) in [6.45, 7) is 6.97. The molecule has 1 aromatic heterocycles. The van der Waals surface area contributed by atoms with Crippen molar-refractivity contribution < 1.29 is 61.9 Å². The van der Waals surface area contributed by atoms with Gasteiger partial charge in [0.25, 0.3) is 5.56 Å². The predicted octanol–water partition coefficient (Wildman–Crippen LogP) is 3.91. The standard InChI is InChI=1S/C38H43F4N5O4S.C4H6O6/c1-4-45(5-2)20-21-46(22-27-6-10-29(11-7-27)30-12-14-32(15-13-30)38(40,41)42)35(49)24-47-23-31(18-19-43-34(48)25-51-3)36(50)44-37(47)52-26-28-8-16-33(39)17-9-28;5-1(3(7)8)2(6)4(9)10/h6-17,23H,4-5,18-22,24-26H2,1-3H3,(H,43,48);1-2,5-6H,(H,7,8)(H,9,10). The van der Waals surface area contributed by atoms with E-state index in [2.05, 4.69) is 15.2 Å². The van der Waals surface area contributed by atoms with E-state index in [0.29, 0.717) is 35.1 Å². The fourth-order valence-electron chi connectivity index (χ4n) is 5.65. The number of carboxylic acids is 2. The Kier molecular flexibility index (Phi) is 20.2. The van der Waals surface area contributed by atoms with Gasteiger partial charge in [-0.05, 0) is 66.0 Å². The lowest BCUT2D eigenvalue weighted by Crippen LogP contribution is -2.40. The third-order valence-corrected chi connectivity index (χ3v) is 10.3. The van der Waals surface area contributed by atoms with Crippen LogP contribution in [-0.4, -0.2) is 122 Å². The highest BCUT2D eigenvalue weighted by Gasteiger charge is 2.30. The molecule has 0 saturated carbocycles. The number of halogens is 4. The van der Waals surface area contributed by atoms with E-state index in [0.717, 1.165) is 41.9 Å². The first-order chi connectivity index (χ1) is 29.4. The van der Waals surface area contributed by atoms with Crippen LogP contribution < -0.4 is 10.9 Å². The number of alkyl halides is 3. The molecule has 0 spiro atoms. The molecule has 336 valence electrons. The van der Waals surface area contributed by atoms with Crippen LogP contribution >= 0.6 is 11.8 Å². The van der Waals surface area contributed by atoms with Crippen LogP contribution in [0.5, 0.6) is 0 Å². The lowest BCUT2D eigenvalue weighted by Gasteiger charge is -2.27. The zero-order chi connectivity index (χ0) is 46.0. The number of carbonyl (C=O) groups excluding carboxylic acids is 2. The van der Waals surface area contributed by atoms with Gasteiger partial charge in [0.05, 0.1) is 5.56 Å². The van der Waals surface area contributed by atoms with Crippen molar-refractivity contribution in [2.75, 3.05) is 46.4 Å². The molecule has 0 aliphatic rings. The molecule has 4 rings (SSSR count). The molecular formula is C42H49F4N5O10S. The van der Waals surface area contributed by atoms with Gasteiger partial charge in [-0.2, -0.15) is 18.2 Å². The van der Waals surface area contributed by atoms with Crippen LogP contribution in [0.25, 0.3) is 11.1 Å². The van der Waals surface area contributed by atoms with E-state index in [4.69, 9.17) is 25.2 Å². The lowest BCUT2D eigenvalue weighted by atomic mass is 10.0. The molecular weight excluding hydrogens is 843 g/mol. The number of amides is 2. The number of benzene rings is 3. The van der Waals surface area contributed by atoms with E-state index in [-0.39, 0.29) is 50.3 Å². The summed E-state index contributed by atoms with van der Waals surface area (Å²) in [7, 11) is 1.41. The number of aliphatic hydroxyl groups is 2. The molecule has 0 bridgehead atoms. The van der Waals surface area contributed by atoms with Crippen molar-refractivity contribution in [3.8, 4) is 11.1 Å². The number of aliphatic carboxylic acids is 2. The number of hydrogen-bond acceptors (Lipinski definition) is 11. The quantitative estimate of drug-likeness (QED) is 0.0457. The van der Waals surface area contributed by atoms with Crippen LogP contribution in [0.15, 0.2) is 88.9 Å². The molecule has 5 N–H and O–H groups in total. The molecule has 20 heteroatoms. The third kappa shape index (κ3) is 16.3. The van der Waals surface area contributed by atoms with Crippen molar-refractivity contribution in [2.45, 2.75) is 62.7 Å². The maximum atomic E-state index is 14.1. The molecule has 2 amide bonds. The molecule has 0 radical (unpaired) electrons. The Bertz CT molecular complexity index is 2120. The Morgan fingerprint density at radius 1 is 0.855 bits per heavy atom. The fourth-order valence-corrected chi connectivity index (χ4v) is 6.57. The molecule has 2 atom stereocenters. The van der Waals surface area contributed by atoms with Crippen LogP contribution in [0.3, 0.4) is 0 Å². The number of carboxylic acid groups (broad SMARTS) is 2. The predicted molar refractivity (Wildman–Crippen MR) is 220 cm³/mol. The summed E-state index contributed by atoms with van der Waals surface area (Å²) in [6.07, 6.45) is -7.16. The van der Waals surface area contributed by atoms with Gasteiger partial charge in [0, 0.05) is 50.8 Å². The first kappa shape index (κ1) is 50.7. The van der Waals surface area contributed by atoms with Gasteiger partial charge in [-0.1, -0.05) is 74.1 Å². The highest BCUT2D eigenvalue weighted by atomic mass is 32.2. The number of rotatable bonds is 21. The molecule has 3 aromatic carbocycles. The minimum atomic E-state index is -4.42. The third-order valence-electron chi connectivity index (χ3n) is 9.22. The smallest absolute Gasteiger partial charge is 0.416 e. The Morgan fingerprint density at radius 2 is 1.40 bits per heavy atom. The molecule has 0 aliphatic carbocycles. The number of methoxy groups -OCH3 is 1. The number of hydrogen-bond donors (Lipinski definition) is 5. The Hall–Kier alpha value is -5.67. The van der Waals surface area contributed by atoms with E-state index in [9.17, 15) is 41.5 Å². The molecule has 62 heavy (non-hydrogen) atoms. The van der Waals surface area contributed by atoms with Crippen LogP contribution in [-0.2, 0) is 55.4 Å². The maximum absolute atomic E-state index is 14.1. The summed E-state index contributed by atoms with van der Waals surface area (Å²) in [5.41, 5.74) is 2.16. The number of nitrogens with one attached hydrogen (secondary N) is 1. The Balaban J connectivity index is 0.000000908. The highest BCUT2D eigenvalue weighted by molar-refractivity contribution is 7.98. The molecule has 2 unspecified atom stereocenters. The van der Waals surface area contributed by atoms with Gasteiger partial charge in [0.15, 0.2) is 17.4 Å². The average molecular weight is 892 g/mol. The summed E-state index contributed by atoms with van der Waals surface area (Å²) in [6, 6.07) is 18.3. The minimum Gasteiger partial charge on any atom is -0.479 e. The average Bonchev–Trinajstić information content (AvgIpc) is 3.24. The van der Waals surface area contributed by atoms with E-state index >= 15 is 0 Å². The van der Waals surface area contributed by atoms with E-state index in [1.54, 1.807) is 27.8 Å². The van der Waals surface area contributed by atoms with Gasteiger partial charge in [-0.25, -0.2) is 14.0 Å². The topological polar surface area (TPSA) is 212 Å². The van der Waals surface area contributed by atoms with E-state index < -0.39 is 41.4 Å². The fraction of sp³-hybridized carbons (Fsp3) is 0.381. The molecule has 0 saturated heterocycles. The van der Waals surface area contributed by atoms with Crippen LogP contribution in [0.2, 0.25) is 0 Å². The number of thioether (sulfide) groups is 1. The molecule has 4 aromatic rings. The van der Waals surface area contributed by atoms with Crippen molar-refractivity contribution in [3.05, 3.63) is 117 Å². The molecule has 0 aliphatic heterocycles. The second-order valence-electron chi connectivity index (χ2n) is 13.6. The van der Waals surface area contributed by atoms with Gasteiger partial charge >= 0.3 is 18.1 Å². The summed E-state index contributed by atoms with van der Waals surface area (Å²) >= 11 is 1.25. The summed E-state index contributed by atoms with van der Waals surface area (Å²) in [5, 5.41) is 35.5. The number of nitrogens with zero attached hydrogens (tertiary/aromatic N) is 4. The highest BCUT2D eigenvalue weighted by Crippen LogP contribution is 2.31. The zero-order valence-corrected chi connectivity index (χ0v) is 35.0. The first-order valence-electron chi connectivity index (χ1n) is 19.2. The number of carbonyl (C=O) groups is 4. The van der Waals surface area contributed by atoms with E-state index in [1.807, 2.05) is 38.1 Å². The normalized spacial score (nSPS) is 12.2. The Morgan fingerprint density at radius 3 is 1.92 bits per heavy atom. The molecule has 1 heterocycles. The van der Waals surface area contributed by atoms with Crippen LogP contribution in [0, 0.1) is 5.82 Å². The van der Waals surface area contributed by atoms with Crippen molar-refractivity contribution in [2.24, 2.45) is 0 Å². The first-order valence-corrected chi connectivity index (χ1v) is 20.2. The van der Waals surface area contributed by atoms with Gasteiger partial charge in [0.1, 0.15) is 19.0 Å². The van der Waals surface area contributed by atoms with Crippen molar-refractivity contribution in [1.29, 1.82) is 0 Å². The van der Waals surface area contributed by atoms with Crippen molar-refractivity contribution in [3.63, 3.8) is 0 Å². The molecule has 15 nitrogen and oxygen atoms in total. The lowest BCUT2D eigenvalue weighted by molar-refractivity contribution is -0.165. The number of aliphatic hydroxyl groups excluding tert-OH is 2. The summed E-state index contributed by atoms with van der Waals surface area (Å²) in [5.74, 6) is -4.06. The van der Waals surface area contributed by atoms with Gasteiger partial charge in [-0.15, -0.1) is 0 Å². The van der Waals surface area contributed by atoms with Gasteiger partial charge in [-0.3, -0.25) is 14.4 Å². The SMILES string of the molecule is CCN(CC)CCN(Cc1ccc(-c2ccc(C(F)(F)F)cc2)cc1)C(=O)Cn1cc(CCNC(=O)COC)c(=O)nc1SCc1ccc(F)cc1.O=C(O)C(O)C(O)C(=O)O. The van der Waals surface area contributed by atoms with Crippen LogP contribution in [0.4, 0.5) is 17.6 Å². The second-order valence-corrected chi connectivity index (χ2v) is 14.6. The summed E-state index contributed by atoms with van der Waals surface area (Å²) in [4.78, 5) is 66.9.